The van der Waals surface area contributed by atoms with Crippen molar-refractivity contribution in [1.82, 2.24) is 0 Å². The highest BCUT2D eigenvalue weighted by atomic mass is 28.4. The second kappa shape index (κ2) is 9.48. The van der Waals surface area contributed by atoms with Crippen LogP contribution in [0.15, 0.2) is 84.9 Å². The van der Waals surface area contributed by atoms with Crippen molar-refractivity contribution in [3.63, 3.8) is 0 Å². The Kier molecular flexibility index (Phi) is 6.55. The molecule has 1 atom stereocenters. The molecule has 3 aromatic carbocycles. The summed E-state index contributed by atoms with van der Waals surface area (Å²) in [5, 5.41) is 2.32. The van der Waals surface area contributed by atoms with Crippen LogP contribution in [0.3, 0.4) is 0 Å². The number of rotatable bonds is 7. The van der Waals surface area contributed by atoms with Crippen LogP contribution in [0.1, 0.15) is 24.8 Å². The van der Waals surface area contributed by atoms with Crippen LogP contribution in [-0.4, -0.2) is 27.9 Å². The van der Waals surface area contributed by atoms with Crippen LogP contribution in [-0.2, 0) is 15.9 Å². The summed E-state index contributed by atoms with van der Waals surface area (Å²) in [4.78, 5) is 0. The zero-order valence-corrected chi connectivity index (χ0v) is 17.6. The van der Waals surface area contributed by atoms with E-state index in [1.807, 2.05) is 84.9 Å². The van der Waals surface area contributed by atoms with Gasteiger partial charge in [-0.1, -0.05) is 84.9 Å². The standard InChI is InChI=1S/C25H27FO2Si/c26-29(22-9-3-1-4-10-22,23-11-5-2-6-12-23)24-16-14-21(15-17-24)18-20-28-25-13-7-8-19-27-25/h1-6,9-12,14-17,25H,7-8,13,18-20H2. The van der Waals surface area contributed by atoms with E-state index in [9.17, 15) is 0 Å². The summed E-state index contributed by atoms with van der Waals surface area (Å²) in [6.45, 7) is 1.42. The lowest BCUT2D eigenvalue weighted by atomic mass is 10.1. The molecule has 1 aliphatic rings. The van der Waals surface area contributed by atoms with Gasteiger partial charge in [0.2, 0.25) is 0 Å². The lowest BCUT2D eigenvalue weighted by Gasteiger charge is -2.24. The first kappa shape index (κ1) is 20.0. The third-order valence-corrected chi connectivity index (χ3v) is 8.91. The number of halogens is 1. The molecule has 0 bridgehead atoms. The molecule has 1 unspecified atom stereocenters. The van der Waals surface area contributed by atoms with Crippen LogP contribution in [0, 0.1) is 0 Å². The highest BCUT2D eigenvalue weighted by Gasteiger charge is 2.40. The Balaban J connectivity index is 1.51. The first-order valence-corrected chi connectivity index (χ1v) is 12.3. The van der Waals surface area contributed by atoms with Crippen LogP contribution in [0.5, 0.6) is 0 Å². The van der Waals surface area contributed by atoms with Gasteiger partial charge in [0, 0.05) is 6.61 Å². The minimum absolute atomic E-state index is 0.0647. The van der Waals surface area contributed by atoms with E-state index in [0.29, 0.717) is 6.61 Å². The second-order valence-corrected chi connectivity index (χ2v) is 10.6. The normalized spacial score (nSPS) is 17.2. The molecule has 1 fully saturated rings. The number of benzene rings is 3. The molecule has 2 nitrogen and oxygen atoms in total. The molecule has 0 spiro atoms. The van der Waals surface area contributed by atoms with E-state index in [-0.39, 0.29) is 6.29 Å². The quantitative estimate of drug-likeness (QED) is 0.338. The predicted octanol–water partition coefficient (Wildman–Crippen LogP) is 3.71. The molecule has 150 valence electrons. The average Bonchev–Trinajstić information content (AvgIpc) is 2.81. The van der Waals surface area contributed by atoms with E-state index in [4.69, 9.17) is 9.47 Å². The third kappa shape index (κ3) is 4.66. The van der Waals surface area contributed by atoms with Crippen LogP contribution in [0.4, 0.5) is 4.11 Å². The first-order valence-electron chi connectivity index (χ1n) is 10.4. The average molecular weight is 407 g/mol. The molecule has 0 aromatic heterocycles. The zero-order valence-electron chi connectivity index (χ0n) is 16.6. The van der Waals surface area contributed by atoms with E-state index in [2.05, 4.69) is 0 Å². The molecule has 0 radical (unpaired) electrons. The third-order valence-electron chi connectivity index (χ3n) is 5.53. The van der Waals surface area contributed by atoms with Gasteiger partial charge in [0.1, 0.15) is 0 Å². The maximum Gasteiger partial charge on any atom is 0.339 e. The summed E-state index contributed by atoms with van der Waals surface area (Å²) >= 11 is 0. The molecule has 0 saturated carbocycles. The molecule has 0 N–H and O–H groups in total. The van der Waals surface area contributed by atoms with Gasteiger partial charge in [-0.05, 0) is 46.8 Å². The Bertz CT molecular complexity index is 838. The molecule has 1 aliphatic heterocycles. The summed E-state index contributed by atoms with van der Waals surface area (Å²) in [6, 6.07) is 27.1. The van der Waals surface area contributed by atoms with Crippen molar-refractivity contribution in [2.45, 2.75) is 32.0 Å². The summed E-state index contributed by atoms with van der Waals surface area (Å²) in [6.07, 6.45) is 4.01. The van der Waals surface area contributed by atoms with Gasteiger partial charge in [0.25, 0.3) is 0 Å². The van der Waals surface area contributed by atoms with Crippen molar-refractivity contribution >= 4 is 24.0 Å². The lowest BCUT2D eigenvalue weighted by Crippen LogP contribution is -2.63. The van der Waals surface area contributed by atoms with Crippen molar-refractivity contribution in [2.24, 2.45) is 0 Å². The molecule has 1 saturated heterocycles. The minimum atomic E-state index is -3.51. The Morgan fingerprint density at radius 1 is 0.793 bits per heavy atom. The van der Waals surface area contributed by atoms with Gasteiger partial charge in [-0.25, -0.2) is 0 Å². The van der Waals surface area contributed by atoms with Gasteiger partial charge < -0.3 is 9.47 Å². The Labute approximate surface area is 173 Å². The molecule has 3 aromatic rings. The SMILES string of the molecule is F[Si](c1ccccc1)(c1ccccc1)c1ccc(CCOC2CCCCO2)cc1. The highest BCUT2D eigenvalue weighted by molar-refractivity contribution is 7.06. The maximum atomic E-state index is 16.7. The fourth-order valence-corrected chi connectivity index (χ4v) is 6.82. The first-order chi connectivity index (χ1) is 14.3. The van der Waals surface area contributed by atoms with E-state index in [1.165, 1.54) is 6.42 Å². The van der Waals surface area contributed by atoms with Crippen molar-refractivity contribution in [1.29, 1.82) is 0 Å². The van der Waals surface area contributed by atoms with Gasteiger partial charge >= 0.3 is 8.41 Å². The Hall–Kier alpha value is -2.27. The molecule has 1 heterocycles. The summed E-state index contributed by atoms with van der Waals surface area (Å²) in [7, 11) is -3.51. The van der Waals surface area contributed by atoms with E-state index < -0.39 is 8.41 Å². The van der Waals surface area contributed by atoms with Crippen LogP contribution < -0.4 is 15.6 Å². The minimum Gasteiger partial charge on any atom is -0.353 e. The second-order valence-electron chi connectivity index (χ2n) is 7.50. The zero-order chi connectivity index (χ0) is 19.9. The molecule has 0 amide bonds. The Morgan fingerprint density at radius 2 is 1.38 bits per heavy atom. The van der Waals surface area contributed by atoms with Gasteiger partial charge in [-0.15, -0.1) is 0 Å². The topological polar surface area (TPSA) is 18.5 Å². The van der Waals surface area contributed by atoms with E-state index in [0.717, 1.165) is 47.0 Å². The fourth-order valence-electron chi connectivity index (χ4n) is 3.89. The summed E-state index contributed by atoms with van der Waals surface area (Å²) in [5.41, 5.74) is 1.15. The van der Waals surface area contributed by atoms with Gasteiger partial charge in [-0.3, -0.25) is 4.11 Å². The number of ether oxygens (including phenoxy) is 2. The van der Waals surface area contributed by atoms with Crippen molar-refractivity contribution < 1.29 is 13.6 Å². The van der Waals surface area contributed by atoms with Gasteiger partial charge in [-0.2, -0.15) is 0 Å². The monoisotopic (exact) mass is 406 g/mol. The summed E-state index contributed by atoms with van der Waals surface area (Å²) < 4.78 is 28.2. The molecule has 4 rings (SSSR count). The van der Waals surface area contributed by atoms with Gasteiger partial charge in [0.05, 0.1) is 6.61 Å². The van der Waals surface area contributed by atoms with Crippen molar-refractivity contribution in [2.75, 3.05) is 13.2 Å². The van der Waals surface area contributed by atoms with E-state index in [1.54, 1.807) is 0 Å². The molecule has 0 aliphatic carbocycles. The predicted molar refractivity (Wildman–Crippen MR) is 118 cm³/mol. The number of hydrogen-bond acceptors (Lipinski definition) is 2. The van der Waals surface area contributed by atoms with Crippen LogP contribution in [0.2, 0.25) is 0 Å². The van der Waals surface area contributed by atoms with E-state index >= 15 is 4.11 Å². The molecular weight excluding hydrogens is 379 g/mol. The fraction of sp³-hybridized carbons (Fsp3) is 0.280. The molecular formula is C25H27FO2Si. The molecule has 4 heteroatoms. The highest BCUT2D eigenvalue weighted by Crippen LogP contribution is 2.14. The van der Waals surface area contributed by atoms with Crippen molar-refractivity contribution in [3.05, 3.63) is 90.5 Å². The number of hydrogen-bond donors (Lipinski definition) is 0. The van der Waals surface area contributed by atoms with Crippen LogP contribution >= 0.6 is 0 Å². The lowest BCUT2D eigenvalue weighted by molar-refractivity contribution is -0.161. The largest absolute Gasteiger partial charge is 0.353 e. The molecule has 29 heavy (non-hydrogen) atoms. The Morgan fingerprint density at radius 3 is 1.93 bits per heavy atom. The van der Waals surface area contributed by atoms with Gasteiger partial charge in [0.15, 0.2) is 6.29 Å². The smallest absolute Gasteiger partial charge is 0.339 e. The van der Waals surface area contributed by atoms with Crippen molar-refractivity contribution in [3.8, 4) is 0 Å². The summed E-state index contributed by atoms with van der Waals surface area (Å²) in [5.74, 6) is 0. The maximum absolute atomic E-state index is 16.7. The van der Waals surface area contributed by atoms with Crippen LogP contribution in [0.25, 0.3) is 0 Å².